The number of aliphatic hydroxyl groups is 1. The average Bonchev–Trinajstić information content (AvgIpc) is 3.20. The maximum Gasteiger partial charge on any atom is 0.295 e. The van der Waals surface area contributed by atoms with Crippen LogP contribution in [0.5, 0.6) is 23.0 Å². The van der Waals surface area contributed by atoms with E-state index in [1.807, 2.05) is 24.3 Å². The second kappa shape index (κ2) is 11.1. The van der Waals surface area contributed by atoms with Crippen LogP contribution in [-0.2, 0) is 16.0 Å². The predicted molar refractivity (Wildman–Crippen MR) is 138 cm³/mol. The highest BCUT2D eigenvalue weighted by molar-refractivity contribution is 6.46. The first-order valence-corrected chi connectivity index (χ1v) is 11.7. The minimum Gasteiger partial charge on any atom is -0.507 e. The van der Waals surface area contributed by atoms with Crippen LogP contribution in [-0.4, -0.2) is 56.7 Å². The van der Waals surface area contributed by atoms with E-state index >= 15 is 0 Å². The first-order valence-electron chi connectivity index (χ1n) is 11.7. The van der Waals surface area contributed by atoms with Crippen LogP contribution in [0.15, 0.2) is 72.3 Å². The van der Waals surface area contributed by atoms with Crippen molar-refractivity contribution in [1.82, 2.24) is 4.90 Å². The van der Waals surface area contributed by atoms with Gasteiger partial charge in [0.15, 0.2) is 0 Å². The number of methoxy groups -OCH3 is 4. The van der Waals surface area contributed by atoms with Gasteiger partial charge in [0.05, 0.1) is 45.6 Å². The summed E-state index contributed by atoms with van der Waals surface area (Å²) in [6.45, 7) is 0.259. The maximum atomic E-state index is 13.4. The molecule has 1 atom stereocenters. The van der Waals surface area contributed by atoms with Crippen LogP contribution >= 0.6 is 0 Å². The zero-order valence-corrected chi connectivity index (χ0v) is 21.2. The molecule has 0 saturated carbocycles. The Hall–Kier alpha value is -4.46. The molecule has 192 valence electrons. The van der Waals surface area contributed by atoms with E-state index in [1.54, 1.807) is 56.7 Å². The molecule has 8 nitrogen and oxygen atoms in total. The molecule has 1 fully saturated rings. The second-order valence-corrected chi connectivity index (χ2v) is 8.43. The van der Waals surface area contributed by atoms with Crippen LogP contribution in [0, 0.1) is 0 Å². The lowest BCUT2D eigenvalue weighted by Crippen LogP contribution is -2.31. The first kappa shape index (κ1) is 25.6. The van der Waals surface area contributed by atoms with Crippen molar-refractivity contribution >= 4 is 17.4 Å². The molecule has 1 heterocycles. The number of rotatable bonds is 9. The van der Waals surface area contributed by atoms with Crippen molar-refractivity contribution in [3.05, 3.63) is 89.0 Å². The van der Waals surface area contributed by atoms with Gasteiger partial charge in [-0.15, -0.1) is 0 Å². The second-order valence-electron chi connectivity index (χ2n) is 8.43. The van der Waals surface area contributed by atoms with Crippen molar-refractivity contribution in [2.75, 3.05) is 35.0 Å². The molecule has 1 aliphatic rings. The van der Waals surface area contributed by atoms with E-state index in [9.17, 15) is 14.7 Å². The molecule has 3 aromatic carbocycles. The van der Waals surface area contributed by atoms with Gasteiger partial charge in [-0.1, -0.05) is 24.3 Å². The fraction of sp³-hybridized carbons (Fsp3) is 0.241. The van der Waals surface area contributed by atoms with Crippen molar-refractivity contribution in [1.29, 1.82) is 0 Å². The predicted octanol–water partition coefficient (Wildman–Crippen LogP) is 4.39. The number of hydrogen-bond donors (Lipinski definition) is 1. The van der Waals surface area contributed by atoms with Crippen LogP contribution in [0.1, 0.15) is 22.7 Å². The zero-order chi connectivity index (χ0) is 26.5. The molecule has 3 aromatic rings. The topological polar surface area (TPSA) is 94.5 Å². The monoisotopic (exact) mass is 503 g/mol. The van der Waals surface area contributed by atoms with Crippen LogP contribution in [0.25, 0.3) is 5.76 Å². The van der Waals surface area contributed by atoms with Gasteiger partial charge in [0.25, 0.3) is 11.7 Å². The van der Waals surface area contributed by atoms with E-state index < -0.39 is 17.7 Å². The van der Waals surface area contributed by atoms with Gasteiger partial charge >= 0.3 is 0 Å². The molecule has 4 rings (SSSR count). The summed E-state index contributed by atoms with van der Waals surface area (Å²) >= 11 is 0. The van der Waals surface area contributed by atoms with Gasteiger partial charge in [0.2, 0.25) is 0 Å². The smallest absolute Gasteiger partial charge is 0.295 e. The number of likely N-dealkylation sites (tertiary alicyclic amines) is 1. The Balaban J connectivity index is 1.80. The van der Waals surface area contributed by atoms with Crippen molar-refractivity contribution in [3.8, 4) is 23.0 Å². The highest BCUT2D eigenvalue weighted by Gasteiger charge is 2.46. The number of carbonyl (C=O) groups is 2. The number of aliphatic hydroxyl groups excluding tert-OH is 1. The number of hydrogen-bond acceptors (Lipinski definition) is 7. The quantitative estimate of drug-likeness (QED) is 0.263. The number of ether oxygens (including phenoxy) is 4. The highest BCUT2D eigenvalue weighted by Crippen LogP contribution is 2.42. The standard InChI is InChI=1S/C29H29NO7/c1-34-20-10-8-18(9-11-20)14-15-30-26(19-6-5-7-21(16-19)35-2)25(28(32)29(30)33)27(31)23-13-12-22(36-3)17-24(23)37-4/h5-13,16-17,26,31H,14-15H2,1-4H3/b27-25-. The van der Waals surface area contributed by atoms with Gasteiger partial charge in [-0.25, -0.2) is 0 Å². The van der Waals surface area contributed by atoms with Crippen molar-refractivity contribution in [3.63, 3.8) is 0 Å². The summed E-state index contributed by atoms with van der Waals surface area (Å²) in [5.41, 5.74) is 1.88. The number of amides is 1. The van der Waals surface area contributed by atoms with Crippen molar-refractivity contribution in [2.24, 2.45) is 0 Å². The lowest BCUT2D eigenvalue weighted by atomic mass is 9.94. The number of nitrogens with zero attached hydrogens (tertiary/aromatic N) is 1. The molecule has 0 bridgehead atoms. The maximum absolute atomic E-state index is 13.4. The summed E-state index contributed by atoms with van der Waals surface area (Å²) in [6.07, 6.45) is 0.503. The molecule has 0 aromatic heterocycles. The largest absolute Gasteiger partial charge is 0.507 e. The molecule has 1 amide bonds. The molecule has 0 aliphatic carbocycles. The normalized spacial score (nSPS) is 16.5. The van der Waals surface area contributed by atoms with Gasteiger partial charge < -0.3 is 29.0 Å². The molecule has 0 radical (unpaired) electrons. The van der Waals surface area contributed by atoms with E-state index in [4.69, 9.17) is 18.9 Å². The number of carbonyl (C=O) groups excluding carboxylic acids is 2. The number of ketones is 1. The van der Waals surface area contributed by atoms with Crippen molar-refractivity contribution in [2.45, 2.75) is 12.5 Å². The van der Waals surface area contributed by atoms with Crippen LogP contribution in [0.3, 0.4) is 0 Å². The molecule has 0 spiro atoms. The van der Waals surface area contributed by atoms with Crippen LogP contribution in [0.2, 0.25) is 0 Å². The molecular formula is C29H29NO7. The highest BCUT2D eigenvalue weighted by atomic mass is 16.5. The Kier molecular flexibility index (Phi) is 7.67. The van der Waals surface area contributed by atoms with Gasteiger partial charge in [0, 0.05) is 12.6 Å². The van der Waals surface area contributed by atoms with Crippen LogP contribution < -0.4 is 18.9 Å². The molecule has 1 N–H and O–H groups in total. The molecule has 37 heavy (non-hydrogen) atoms. The third kappa shape index (κ3) is 5.09. The Labute approximate surface area is 215 Å². The average molecular weight is 504 g/mol. The lowest BCUT2D eigenvalue weighted by Gasteiger charge is -2.26. The number of Topliss-reactive ketones (excluding diaryl/α,β-unsaturated/α-hetero) is 1. The third-order valence-corrected chi connectivity index (χ3v) is 6.41. The summed E-state index contributed by atoms with van der Waals surface area (Å²) in [7, 11) is 6.12. The fourth-order valence-electron chi connectivity index (χ4n) is 4.45. The van der Waals surface area contributed by atoms with Crippen LogP contribution in [0.4, 0.5) is 0 Å². The minimum absolute atomic E-state index is 0.0172. The van der Waals surface area contributed by atoms with Gasteiger partial charge in [-0.2, -0.15) is 0 Å². The van der Waals surface area contributed by atoms with E-state index in [0.29, 0.717) is 29.2 Å². The Morgan fingerprint density at radius 1 is 0.811 bits per heavy atom. The summed E-state index contributed by atoms with van der Waals surface area (Å²) in [5, 5.41) is 11.4. The van der Waals surface area contributed by atoms with Gasteiger partial charge in [-0.05, 0) is 53.9 Å². The fourth-order valence-corrected chi connectivity index (χ4v) is 4.45. The van der Waals surface area contributed by atoms with Gasteiger partial charge in [0.1, 0.15) is 28.8 Å². The number of benzene rings is 3. The summed E-state index contributed by atoms with van der Waals surface area (Å²) < 4.78 is 21.3. The molecular weight excluding hydrogens is 474 g/mol. The van der Waals surface area contributed by atoms with E-state index in [-0.39, 0.29) is 23.4 Å². The summed E-state index contributed by atoms with van der Waals surface area (Å²) in [5.74, 6) is 0.364. The van der Waals surface area contributed by atoms with E-state index in [2.05, 4.69) is 0 Å². The zero-order valence-electron chi connectivity index (χ0n) is 21.2. The molecule has 1 aliphatic heterocycles. The SMILES string of the molecule is COc1ccc(CCN2C(=O)C(=O)/C(=C(\O)c3ccc(OC)cc3OC)C2c2cccc(OC)c2)cc1. The Bertz CT molecular complexity index is 1330. The van der Waals surface area contributed by atoms with E-state index in [0.717, 1.165) is 11.3 Å². The summed E-state index contributed by atoms with van der Waals surface area (Å²) in [6, 6.07) is 18.7. The minimum atomic E-state index is -0.819. The third-order valence-electron chi connectivity index (χ3n) is 6.41. The molecule has 1 unspecified atom stereocenters. The lowest BCUT2D eigenvalue weighted by molar-refractivity contribution is -0.139. The Morgan fingerprint density at radius 3 is 2.11 bits per heavy atom. The van der Waals surface area contributed by atoms with Gasteiger partial charge in [-0.3, -0.25) is 9.59 Å². The summed E-state index contributed by atoms with van der Waals surface area (Å²) in [4.78, 5) is 28.1. The van der Waals surface area contributed by atoms with E-state index in [1.165, 1.54) is 19.1 Å². The molecule has 8 heteroatoms. The first-order chi connectivity index (χ1) is 17.9. The van der Waals surface area contributed by atoms with Crippen molar-refractivity contribution < 1.29 is 33.6 Å². The molecule has 1 saturated heterocycles. The Morgan fingerprint density at radius 2 is 1.46 bits per heavy atom.